The number of hydrogen-bond donors (Lipinski definition) is 2. The second kappa shape index (κ2) is 11.3. The van der Waals surface area contributed by atoms with Gasteiger partial charge in [-0.1, -0.05) is 19.4 Å². The van der Waals surface area contributed by atoms with Crippen molar-refractivity contribution in [2.75, 3.05) is 45.6 Å². The second-order valence-corrected chi connectivity index (χ2v) is 7.34. The van der Waals surface area contributed by atoms with E-state index < -0.39 is 6.09 Å². The lowest BCUT2D eigenvalue weighted by Crippen LogP contribution is -2.25. The summed E-state index contributed by atoms with van der Waals surface area (Å²) in [5.41, 5.74) is 2.46. The summed E-state index contributed by atoms with van der Waals surface area (Å²) in [5.74, 6) is 0.887. The zero-order chi connectivity index (χ0) is 24.7. The Bertz CT molecular complexity index is 1160. The van der Waals surface area contributed by atoms with E-state index in [0.717, 1.165) is 23.5 Å². The van der Waals surface area contributed by atoms with Crippen molar-refractivity contribution < 1.29 is 23.9 Å². The normalized spacial score (nSPS) is 10.7. The maximum absolute atomic E-state index is 12.4. The summed E-state index contributed by atoms with van der Waals surface area (Å²) in [6.45, 7) is 3.13. The minimum absolute atomic E-state index is 0.112. The first kappa shape index (κ1) is 24.7. The molecule has 0 fully saturated rings. The van der Waals surface area contributed by atoms with Gasteiger partial charge < -0.3 is 14.8 Å². The van der Waals surface area contributed by atoms with Crippen LogP contribution in [0.4, 0.5) is 16.6 Å². The van der Waals surface area contributed by atoms with E-state index in [2.05, 4.69) is 37.4 Å². The molecule has 0 radical (unpaired) electrons. The molecular weight excluding hydrogens is 442 g/mol. The molecule has 2 heterocycles. The number of anilines is 2. The maximum atomic E-state index is 12.4. The highest BCUT2D eigenvalue weighted by molar-refractivity contribution is 5.94. The molecule has 3 rings (SSSR count). The molecule has 12 nitrogen and oxygen atoms in total. The first-order valence-corrected chi connectivity index (χ1v) is 10.7. The van der Waals surface area contributed by atoms with Crippen molar-refractivity contribution >= 4 is 34.8 Å². The minimum atomic E-state index is -0.662. The summed E-state index contributed by atoms with van der Waals surface area (Å²) in [5, 5.41) is 11.4. The Morgan fingerprint density at radius 2 is 1.97 bits per heavy atom. The smallest absolute Gasteiger partial charge is 0.413 e. The standard InChI is InChI=1S/C22H29N7O5/c1-6-7-10-23-19-18-16(25-21(26-19)27-22(31)33-4)12-24-29(18)13-15-9-8-14(11-17(15)32-3)20(30)28(2)34-5/h8-9,11-12H,6-7,10,13H2,1-5H3,(H2,23,25,26,27,31). The third-order valence-electron chi connectivity index (χ3n) is 5.12. The molecule has 2 amide bonds. The van der Waals surface area contributed by atoms with E-state index >= 15 is 0 Å². The van der Waals surface area contributed by atoms with Gasteiger partial charge in [0.15, 0.2) is 5.82 Å². The van der Waals surface area contributed by atoms with Crippen LogP contribution in [-0.4, -0.2) is 71.7 Å². The SMILES string of the molecule is CCCCNc1nc(NC(=O)OC)nc2cnn(Cc3ccc(C(=O)N(C)OC)cc3OC)c12. The summed E-state index contributed by atoms with van der Waals surface area (Å²) in [6, 6.07) is 5.17. The molecular formula is C22H29N7O5. The number of ether oxygens (including phenoxy) is 2. The van der Waals surface area contributed by atoms with Crippen LogP contribution in [0.5, 0.6) is 5.75 Å². The minimum Gasteiger partial charge on any atom is -0.496 e. The lowest BCUT2D eigenvalue weighted by Gasteiger charge is -2.16. The van der Waals surface area contributed by atoms with Crippen molar-refractivity contribution in [2.45, 2.75) is 26.3 Å². The maximum Gasteiger partial charge on any atom is 0.413 e. The summed E-state index contributed by atoms with van der Waals surface area (Å²) in [7, 11) is 5.77. The van der Waals surface area contributed by atoms with Crippen LogP contribution in [0.2, 0.25) is 0 Å². The number of carbonyl (C=O) groups is 2. The van der Waals surface area contributed by atoms with Crippen molar-refractivity contribution in [2.24, 2.45) is 0 Å². The van der Waals surface area contributed by atoms with Crippen LogP contribution in [0.15, 0.2) is 24.4 Å². The molecule has 3 aromatic rings. The van der Waals surface area contributed by atoms with Gasteiger partial charge in [0.25, 0.3) is 5.91 Å². The quantitative estimate of drug-likeness (QED) is 0.338. The highest BCUT2D eigenvalue weighted by atomic mass is 16.7. The molecule has 0 atom stereocenters. The number of aromatic nitrogens is 4. The summed E-state index contributed by atoms with van der Waals surface area (Å²) in [4.78, 5) is 37.9. The average Bonchev–Trinajstić information content (AvgIpc) is 3.25. The van der Waals surface area contributed by atoms with Crippen LogP contribution >= 0.6 is 0 Å². The van der Waals surface area contributed by atoms with Gasteiger partial charge in [-0.2, -0.15) is 10.1 Å². The summed E-state index contributed by atoms with van der Waals surface area (Å²) < 4.78 is 11.9. The number of rotatable bonds is 10. The van der Waals surface area contributed by atoms with Crippen LogP contribution < -0.4 is 15.4 Å². The molecule has 34 heavy (non-hydrogen) atoms. The van der Waals surface area contributed by atoms with E-state index in [1.165, 1.54) is 21.3 Å². The Morgan fingerprint density at radius 3 is 2.65 bits per heavy atom. The van der Waals surface area contributed by atoms with E-state index in [1.54, 1.807) is 36.2 Å². The zero-order valence-electron chi connectivity index (χ0n) is 19.9. The third kappa shape index (κ3) is 5.52. The molecule has 2 N–H and O–H groups in total. The molecule has 2 aromatic heterocycles. The number of fused-ring (bicyclic) bond motifs is 1. The molecule has 0 aliphatic rings. The fraction of sp³-hybridized carbons (Fsp3) is 0.409. The molecule has 0 aliphatic heterocycles. The fourth-order valence-electron chi connectivity index (χ4n) is 3.26. The number of carbonyl (C=O) groups excluding carboxylic acids is 2. The van der Waals surface area contributed by atoms with Gasteiger partial charge in [0, 0.05) is 24.7 Å². The predicted octanol–water partition coefficient (Wildman–Crippen LogP) is 2.91. The number of amides is 2. The van der Waals surface area contributed by atoms with Crippen LogP contribution in [0.1, 0.15) is 35.7 Å². The van der Waals surface area contributed by atoms with Gasteiger partial charge in [-0.3, -0.25) is 19.6 Å². The van der Waals surface area contributed by atoms with Crippen LogP contribution in [-0.2, 0) is 16.1 Å². The predicted molar refractivity (Wildman–Crippen MR) is 126 cm³/mol. The number of nitrogens with zero attached hydrogens (tertiary/aromatic N) is 5. The molecule has 0 unspecified atom stereocenters. The van der Waals surface area contributed by atoms with E-state index in [-0.39, 0.29) is 11.9 Å². The molecule has 0 saturated carbocycles. The van der Waals surface area contributed by atoms with Crippen LogP contribution in [0.25, 0.3) is 11.0 Å². The first-order valence-electron chi connectivity index (χ1n) is 10.7. The Morgan fingerprint density at radius 1 is 1.18 bits per heavy atom. The van der Waals surface area contributed by atoms with Crippen molar-refractivity contribution in [1.29, 1.82) is 0 Å². The van der Waals surface area contributed by atoms with Crippen molar-refractivity contribution in [3.05, 3.63) is 35.5 Å². The van der Waals surface area contributed by atoms with Gasteiger partial charge >= 0.3 is 6.09 Å². The molecule has 182 valence electrons. The van der Waals surface area contributed by atoms with Gasteiger partial charge in [0.2, 0.25) is 5.95 Å². The van der Waals surface area contributed by atoms with Crippen molar-refractivity contribution in [1.82, 2.24) is 24.8 Å². The monoisotopic (exact) mass is 471 g/mol. The van der Waals surface area contributed by atoms with E-state index in [4.69, 9.17) is 9.57 Å². The average molecular weight is 472 g/mol. The lowest BCUT2D eigenvalue weighted by molar-refractivity contribution is -0.0757. The van der Waals surface area contributed by atoms with Gasteiger partial charge in [-0.15, -0.1) is 0 Å². The first-order chi connectivity index (χ1) is 16.4. The largest absolute Gasteiger partial charge is 0.496 e. The summed E-state index contributed by atoms with van der Waals surface area (Å²) >= 11 is 0. The van der Waals surface area contributed by atoms with Crippen LogP contribution in [0, 0.1) is 0 Å². The Balaban J connectivity index is 1.98. The number of hydrogen-bond acceptors (Lipinski definition) is 9. The zero-order valence-corrected chi connectivity index (χ0v) is 19.9. The van der Waals surface area contributed by atoms with E-state index in [1.807, 2.05) is 0 Å². The van der Waals surface area contributed by atoms with Crippen LogP contribution in [0.3, 0.4) is 0 Å². The Labute approximate surface area is 197 Å². The highest BCUT2D eigenvalue weighted by Crippen LogP contribution is 2.26. The van der Waals surface area contributed by atoms with E-state index in [0.29, 0.717) is 41.3 Å². The molecule has 0 aliphatic carbocycles. The number of hydroxylamine groups is 2. The van der Waals surface area contributed by atoms with Gasteiger partial charge in [-0.25, -0.2) is 14.8 Å². The van der Waals surface area contributed by atoms with Gasteiger partial charge in [0.05, 0.1) is 34.1 Å². The fourth-order valence-corrected chi connectivity index (χ4v) is 3.26. The Hall–Kier alpha value is -3.93. The number of benzene rings is 1. The third-order valence-corrected chi connectivity index (χ3v) is 5.12. The van der Waals surface area contributed by atoms with Crippen molar-refractivity contribution in [3.8, 4) is 5.75 Å². The number of methoxy groups -OCH3 is 2. The lowest BCUT2D eigenvalue weighted by atomic mass is 10.1. The Kier molecular flexibility index (Phi) is 8.19. The molecule has 0 saturated heterocycles. The summed E-state index contributed by atoms with van der Waals surface area (Å²) in [6.07, 6.45) is 2.89. The van der Waals surface area contributed by atoms with Gasteiger partial charge in [-0.05, 0) is 18.6 Å². The molecule has 12 heteroatoms. The van der Waals surface area contributed by atoms with Crippen molar-refractivity contribution in [3.63, 3.8) is 0 Å². The number of nitrogens with one attached hydrogen (secondary N) is 2. The molecule has 0 spiro atoms. The molecule has 0 bridgehead atoms. The molecule has 1 aromatic carbocycles. The van der Waals surface area contributed by atoms with Gasteiger partial charge in [0.1, 0.15) is 16.8 Å². The van der Waals surface area contributed by atoms with E-state index in [9.17, 15) is 9.59 Å². The highest BCUT2D eigenvalue weighted by Gasteiger charge is 2.18. The second-order valence-electron chi connectivity index (χ2n) is 7.34. The topological polar surface area (TPSA) is 133 Å². The number of unbranched alkanes of at least 4 members (excludes halogenated alkanes) is 1.